The number of rotatable bonds is 8. The summed E-state index contributed by atoms with van der Waals surface area (Å²) in [7, 11) is -4.19. The average molecular weight is 1040 g/mol. The van der Waals surface area contributed by atoms with Crippen molar-refractivity contribution in [3.05, 3.63) is 70.3 Å². The Balaban J connectivity index is 1.11. The molecular formula is C54H78N10O9S. The number of nitrogens with one attached hydrogen (secondary N) is 5. The first-order valence-electron chi connectivity index (χ1n) is 26.6. The minimum Gasteiger partial charge on any atom is -0.487 e. The summed E-state index contributed by atoms with van der Waals surface area (Å²) in [6, 6.07) is 4.62. The molecule has 0 unspecified atom stereocenters. The summed E-state index contributed by atoms with van der Waals surface area (Å²) in [4.78, 5) is 93.3. The lowest BCUT2D eigenvalue weighted by molar-refractivity contribution is -0.144. The monoisotopic (exact) mass is 1040 g/mol. The quantitative estimate of drug-likeness (QED) is 0.0873. The zero-order chi connectivity index (χ0) is 53.4. The van der Waals surface area contributed by atoms with Gasteiger partial charge in [0.1, 0.15) is 41.1 Å². The van der Waals surface area contributed by atoms with Crippen molar-refractivity contribution in [2.75, 3.05) is 26.2 Å². The molecule has 0 aromatic heterocycles. The van der Waals surface area contributed by atoms with Gasteiger partial charge in [-0.15, -0.1) is 0 Å². The number of guanidine groups is 1. The summed E-state index contributed by atoms with van der Waals surface area (Å²) in [5.74, 6) is -2.34. The highest BCUT2D eigenvalue weighted by Crippen LogP contribution is 2.44. The molecule has 74 heavy (non-hydrogen) atoms. The molecule has 3 fully saturated rings. The molecule has 4 heterocycles. The summed E-state index contributed by atoms with van der Waals surface area (Å²) < 4.78 is 36.5. The molecule has 404 valence electrons. The number of nitrogens with two attached hydrogens (primary N) is 2. The highest BCUT2D eigenvalue weighted by Gasteiger charge is 2.48. The van der Waals surface area contributed by atoms with Crippen LogP contribution < -0.4 is 42.2 Å². The van der Waals surface area contributed by atoms with Gasteiger partial charge in [-0.25, -0.2) is 13.1 Å². The first kappa shape index (κ1) is 55.7. The van der Waals surface area contributed by atoms with Crippen molar-refractivity contribution < 1.29 is 41.9 Å². The third-order valence-corrected chi connectivity index (χ3v) is 17.0. The Morgan fingerprint density at radius 3 is 2.09 bits per heavy atom. The number of amides is 6. The average Bonchev–Trinajstić information content (AvgIpc) is 4.20. The molecule has 5 atom stereocenters. The van der Waals surface area contributed by atoms with Gasteiger partial charge in [-0.2, -0.15) is 0 Å². The fourth-order valence-corrected chi connectivity index (χ4v) is 12.9. The van der Waals surface area contributed by atoms with Crippen LogP contribution >= 0.6 is 0 Å². The number of allylic oxidation sites excluding steroid dienone is 2. The third-order valence-electron chi connectivity index (χ3n) is 15.4. The van der Waals surface area contributed by atoms with Crippen LogP contribution in [-0.2, 0) is 51.6 Å². The maximum Gasteiger partial charge on any atom is 0.264 e. The lowest BCUT2D eigenvalue weighted by atomic mass is 9.94. The van der Waals surface area contributed by atoms with E-state index in [2.05, 4.69) is 31.0 Å². The van der Waals surface area contributed by atoms with E-state index in [1.54, 1.807) is 13.8 Å². The number of ether oxygens (including phenoxy) is 1. The SMILES string of the molecule is Cc1c(C)c(S(=O)(=O)NC(N)=NCCC[C@@H]2NC(=O)C3(CCCC3)NC(=O)[C@@H]3CCCN3C(=O)[C@H](Cc3ccccc3)NC(=O)[C@@H](N)CCC/C=C/CCCNC(=O)[C@@H]3CCCN3C2=O)c(C)c2c1OC(C)(C)C2. The van der Waals surface area contributed by atoms with Gasteiger partial charge >= 0.3 is 0 Å². The van der Waals surface area contributed by atoms with Crippen LogP contribution in [0.3, 0.4) is 0 Å². The molecule has 19 nitrogen and oxygen atoms in total. The first-order valence-corrected chi connectivity index (χ1v) is 28.1. The Morgan fingerprint density at radius 1 is 0.784 bits per heavy atom. The third kappa shape index (κ3) is 13.1. The van der Waals surface area contributed by atoms with Gasteiger partial charge in [-0.05, 0) is 140 Å². The van der Waals surface area contributed by atoms with Gasteiger partial charge in [0.05, 0.1) is 10.9 Å². The number of hydrogen-bond acceptors (Lipinski definition) is 11. The van der Waals surface area contributed by atoms with E-state index in [0.29, 0.717) is 107 Å². The smallest absolute Gasteiger partial charge is 0.264 e. The molecule has 2 aromatic rings. The predicted octanol–water partition coefficient (Wildman–Crippen LogP) is 3.29. The largest absolute Gasteiger partial charge is 0.487 e. The van der Waals surface area contributed by atoms with Crippen molar-refractivity contribution in [2.45, 2.75) is 190 Å². The Bertz CT molecular complexity index is 2600. The molecule has 9 N–H and O–H groups in total. The second-order valence-corrected chi connectivity index (χ2v) is 23.1. The summed E-state index contributed by atoms with van der Waals surface area (Å²) >= 11 is 0. The van der Waals surface area contributed by atoms with Crippen molar-refractivity contribution in [2.24, 2.45) is 16.5 Å². The highest BCUT2D eigenvalue weighted by molar-refractivity contribution is 7.90. The Kier molecular flexibility index (Phi) is 18.2. The zero-order valence-electron chi connectivity index (χ0n) is 43.9. The number of aliphatic imine (C=N–C) groups is 1. The molecule has 1 spiro atoms. The van der Waals surface area contributed by atoms with E-state index in [1.165, 1.54) is 9.80 Å². The summed E-state index contributed by atoms with van der Waals surface area (Å²) in [6.07, 6.45) is 11.8. The van der Waals surface area contributed by atoms with Crippen LogP contribution in [0.15, 0.2) is 52.4 Å². The molecule has 20 heteroatoms. The van der Waals surface area contributed by atoms with Crippen LogP contribution in [0.25, 0.3) is 0 Å². The number of nitrogens with zero attached hydrogens (tertiary/aromatic N) is 3. The van der Waals surface area contributed by atoms with Gasteiger partial charge in [-0.3, -0.25) is 33.8 Å². The topological polar surface area (TPSA) is 277 Å². The minimum absolute atomic E-state index is 0.0132. The van der Waals surface area contributed by atoms with E-state index in [1.807, 2.05) is 63.3 Å². The van der Waals surface area contributed by atoms with Gasteiger partial charge in [0.15, 0.2) is 0 Å². The number of carbonyl (C=O) groups is 6. The number of sulfonamides is 1. The van der Waals surface area contributed by atoms with Gasteiger partial charge in [0.25, 0.3) is 10.0 Å². The highest BCUT2D eigenvalue weighted by atomic mass is 32.2. The van der Waals surface area contributed by atoms with Crippen LogP contribution in [0.5, 0.6) is 5.75 Å². The second-order valence-electron chi connectivity index (χ2n) is 21.4. The van der Waals surface area contributed by atoms with Crippen LogP contribution in [0.1, 0.15) is 138 Å². The first-order chi connectivity index (χ1) is 35.2. The molecule has 1 saturated carbocycles. The maximum absolute atomic E-state index is 14.8. The lowest BCUT2D eigenvalue weighted by Crippen LogP contribution is -2.64. The number of fused-ring (bicyclic) bond motifs is 3. The zero-order valence-corrected chi connectivity index (χ0v) is 44.7. The number of benzene rings is 2. The molecule has 1 aliphatic carbocycles. The molecule has 0 bridgehead atoms. The summed E-state index contributed by atoms with van der Waals surface area (Å²) in [6.45, 7) is 10.2. The van der Waals surface area contributed by atoms with Gasteiger partial charge in [0, 0.05) is 44.6 Å². The fraction of sp³-hybridized carbons (Fsp3) is 0.611. The molecular weight excluding hydrogens is 965 g/mol. The van der Waals surface area contributed by atoms with Crippen LogP contribution in [0.4, 0.5) is 0 Å². The van der Waals surface area contributed by atoms with Crippen molar-refractivity contribution in [1.82, 2.24) is 35.8 Å². The van der Waals surface area contributed by atoms with Crippen LogP contribution in [-0.4, -0.2) is 127 Å². The normalized spacial score (nSPS) is 26.1. The Hall–Kier alpha value is -6.02. The van der Waals surface area contributed by atoms with E-state index < -0.39 is 80.9 Å². The molecule has 2 aromatic carbocycles. The lowest BCUT2D eigenvalue weighted by Gasteiger charge is -2.35. The van der Waals surface area contributed by atoms with E-state index >= 15 is 0 Å². The molecule has 6 amide bonds. The fourth-order valence-electron chi connectivity index (χ4n) is 11.3. The van der Waals surface area contributed by atoms with Crippen molar-refractivity contribution in [1.29, 1.82) is 0 Å². The van der Waals surface area contributed by atoms with Gasteiger partial charge in [-0.1, -0.05) is 55.3 Å². The molecule has 0 radical (unpaired) electrons. The van der Waals surface area contributed by atoms with Crippen LogP contribution in [0.2, 0.25) is 0 Å². The predicted molar refractivity (Wildman–Crippen MR) is 281 cm³/mol. The number of carbonyl (C=O) groups excluding carboxylic acids is 6. The Morgan fingerprint density at radius 2 is 1.42 bits per heavy atom. The van der Waals surface area contributed by atoms with Crippen molar-refractivity contribution in [3.63, 3.8) is 0 Å². The summed E-state index contributed by atoms with van der Waals surface area (Å²) in [5.41, 5.74) is 14.2. The molecule has 2 saturated heterocycles. The number of hydrogen-bond donors (Lipinski definition) is 7. The van der Waals surface area contributed by atoms with Crippen molar-refractivity contribution >= 4 is 51.4 Å². The van der Waals surface area contributed by atoms with E-state index in [4.69, 9.17) is 16.2 Å². The van der Waals surface area contributed by atoms with E-state index in [9.17, 15) is 37.2 Å². The Labute approximate surface area is 436 Å². The van der Waals surface area contributed by atoms with E-state index in [0.717, 1.165) is 16.7 Å². The molecule has 4 aliphatic heterocycles. The van der Waals surface area contributed by atoms with Crippen LogP contribution in [0, 0.1) is 20.8 Å². The van der Waals surface area contributed by atoms with Crippen molar-refractivity contribution in [3.8, 4) is 5.75 Å². The standard InChI is InChI=1S/C54H78N10O9S/c1-34-35(2)45(36(3)38-33-53(4,5)73-44(34)38)74(71,72)62-52(56)58-29-17-23-40-49(68)63-30-18-24-42(63)47(66)57-28-16-9-7-6-8-13-22-39(55)46(65)59-41(32-37-20-11-10-12-21-37)50(69)64-31-19-25-43(64)48(67)61-54(51(70)60-40)26-14-15-27-54/h6-7,10-12,20-21,39-43H,8-9,13-19,22-33,55H2,1-5H3,(H,57,66)(H,59,65)(H,60,70)(H,61,67)(H3,56,58,62)/b7-6+/t39-,40-,41-,42-,43-/m0/s1. The van der Waals surface area contributed by atoms with Gasteiger partial charge < -0.3 is 47.3 Å². The second kappa shape index (κ2) is 24.1. The molecule has 7 rings (SSSR count). The maximum atomic E-state index is 14.8. The van der Waals surface area contributed by atoms with Gasteiger partial charge in [0.2, 0.25) is 41.4 Å². The van der Waals surface area contributed by atoms with E-state index in [-0.39, 0.29) is 62.0 Å². The minimum atomic E-state index is -4.19. The molecule has 5 aliphatic rings. The summed E-state index contributed by atoms with van der Waals surface area (Å²) in [5, 5.41) is 11.9.